The number of nitrogens with one attached hydrogen (secondary N) is 1. The largest absolute Gasteiger partial charge is 0.370 e. The summed E-state index contributed by atoms with van der Waals surface area (Å²) in [5.74, 6) is 1.88. The molecule has 0 unspecified atom stereocenters. The Morgan fingerprint density at radius 1 is 1.25 bits per heavy atom. The predicted octanol–water partition coefficient (Wildman–Crippen LogP) is 4.21. The molecule has 0 aliphatic rings. The van der Waals surface area contributed by atoms with E-state index in [0.717, 1.165) is 35.3 Å². The molecule has 0 aromatic carbocycles. The lowest BCUT2D eigenvalue weighted by atomic mass is 10.2. The van der Waals surface area contributed by atoms with E-state index in [2.05, 4.69) is 47.3 Å². The molecule has 0 saturated heterocycles. The van der Waals surface area contributed by atoms with Gasteiger partial charge in [-0.05, 0) is 44.0 Å². The third-order valence-corrected chi connectivity index (χ3v) is 3.84. The fourth-order valence-electron chi connectivity index (χ4n) is 1.99. The van der Waals surface area contributed by atoms with E-state index in [9.17, 15) is 0 Å². The van der Waals surface area contributed by atoms with E-state index >= 15 is 0 Å². The summed E-state index contributed by atoms with van der Waals surface area (Å²) in [5, 5.41) is 4.45. The van der Waals surface area contributed by atoms with Gasteiger partial charge in [0.25, 0.3) is 0 Å². The Hall–Kier alpha value is -1.55. The Bertz CT molecular complexity index is 549. The van der Waals surface area contributed by atoms with Gasteiger partial charge in [0.05, 0.1) is 5.03 Å². The van der Waals surface area contributed by atoms with E-state index in [1.54, 1.807) is 11.8 Å². The first kappa shape index (κ1) is 14.9. The van der Waals surface area contributed by atoms with Crippen molar-refractivity contribution >= 4 is 17.6 Å². The molecule has 20 heavy (non-hydrogen) atoms. The van der Waals surface area contributed by atoms with Gasteiger partial charge in [0, 0.05) is 29.8 Å². The monoisotopic (exact) mass is 287 g/mol. The van der Waals surface area contributed by atoms with Crippen LogP contribution >= 0.6 is 11.8 Å². The molecule has 1 N–H and O–H groups in total. The summed E-state index contributed by atoms with van der Waals surface area (Å²) in [7, 11) is 0. The maximum atomic E-state index is 4.56. The first-order valence-electron chi connectivity index (χ1n) is 6.95. The number of thioether (sulfide) groups is 1. The van der Waals surface area contributed by atoms with Crippen molar-refractivity contribution in [1.82, 2.24) is 9.97 Å². The molecule has 0 amide bonds. The predicted molar refractivity (Wildman–Crippen MR) is 86.3 cm³/mol. The van der Waals surface area contributed by atoms with E-state index < -0.39 is 0 Å². The Balaban J connectivity index is 2.06. The van der Waals surface area contributed by atoms with Crippen LogP contribution in [0, 0.1) is 13.8 Å². The number of aryl methyl sites for hydroxylation is 2. The third kappa shape index (κ3) is 4.23. The van der Waals surface area contributed by atoms with E-state index in [-0.39, 0.29) is 0 Å². The number of anilines is 1. The summed E-state index contributed by atoms with van der Waals surface area (Å²) >= 11 is 1.76. The summed E-state index contributed by atoms with van der Waals surface area (Å²) in [6, 6.07) is 8.35. The lowest BCUT2D eigenvalue weighted by Gasteiger charge is -2.10. The first-order valence-corrected chi connectivity index (χ1v) is 7.93. The summed E-state index contributed by atoms with van der Waals surface area (Å²) in [6.07, 6.45) is 2.93. The zero-order valence-electron chi connectivity index (χ0n) is 12.3. The number of hydrogen-bond acceptors (Lipinski definition) is 4. The fraction of sp³-hybridized carbons (Fsp3) is 0.375. The van der Waals surface area contributed by atoms with Crippen LogP contribution in [-0.4, -0.2) is 16.5 Å². The van der Waals surface area contributed by atoms with Crippen molar-refractivity contribution in [2.45, 2.75) is 38.0 Å². The van der Waals surface area contributed by atoms with Crippen molar-refractivity contribution in [2.75, 3.05) is 11.9 Å². The molecule has 2 heterocycles. The van der Waals surface area contributed by atoms with E-state index in [0.29, 0.717) is 0 Å². The molecular formula is C16H21N3S. The van der Waals surface area contributed by atoms with Gasteiger partial charge in [0.1, 0.15) is 5.82 Å². The van der Waals surface area contributed by atoms with Gasteiger partial charge in [-0.25, -0.2) is 9.97 Å². The van der Waals surface area contributed by atoms with Crippen LogP contribution in [0.4, 0.5) is 5.82 Å². The molecule has 0 aliphatic heterocycles. The minimum Gasteiger partial charge on any atom is -0.370 e. The molecule has 0 bridgehead atoms. The fourth-order valence-corrected chi connectivity index (χ4v) is 3.00. The Kier molecular flexibility index (Phi) is 5.41. The average molecular weight is 287 g/mol. The number of nitrogens with zero attached hydrogens (tertiary/aromatic N) is 2. The molecule has 0 saturated carbocycles. The van der Waals surface area contributed by atoms with Crippen molar-refractivity contribution in [2.24, 2.45) is 0 Å². The maximum absolute atomic E-state index is 4.56. The van der Waals surface area contributed by atoms with Crippen LogP contribution in [0.1, 0.15) is 30.2 Å². The van der Waals surface area contributed by atoms with Crippen molar-refractivity contribution in [1.29, 1.82) is 0 Å². The molecule has 0 fully saturated rings. The molecule has 2 rings (SSSR count). The first-order chi connectivity index (χ1) is 9.69. The summed E-state index contributed by atoms with van der Waals surface area (Å²) in [6.45, 7) is 7.26. The normalized spacial score (nSPS) is 10.6. The highest BCUT2D eigenvalue weighted by Crippen LogP contribution is 2.25. The van der Waals surface area contributed by atoms with Crippen LogP contribution < -0.4 is 5.32 Å². The van der Waals surface area contributed by atoms with Crippen molar-refractivity contribution < 1.29 is 0 Å². The Morgan fingerprint density at radius 2 is 2.10 bits per heavy atom. The van der Waals surface area contributed by atoms with Crippen molar-refractivity contribution in [3.63, 3.8) is 0 Å². The van der Waals surface area contributed by atoms with Crippen molar-refractivity contribution in [3.05, 3.63) is 47.3 Å². The molecule has 3 nitrogen and oxygen atoms in total. The Labute approximate surface area is 125 Å². The standard InChI is InChI=1S/C16H21N3S/c1-4-7-17-16-14(6-5-8-18-16)11-20-15-10-12(2)9-13(3)19-15/h5-6,8-10H,4,7,11H2,1-3H3,(H,17,18). The minimum atomic E-state index is 0.885. The van der Waals surface area contributed by atoms with Gasteiger partial charge in [0.2, 0.25) is 0 Å². The van der Waals surface area contributed by atoms with E-state index in [1.807, 2.05) is 19.2 Å². The van der Waals surface area contributed by atoms with Gasteiger partial charge in [0.15, 0.2) is 0 Å². The van der Waals surface area contributed by atoms with E-state index in [1.165, 1.54) is 11.1 Å². The lowest BCUT2D eigenvalue weighted by molar-refractivity contribution is 0.964. The topological polar surface area (TPSA) is 37.8 Å². The van der Waals surface area contributed by atoms with Gasteiger partial charge in [-0.3, -0.25) is 0 Å². The lowest BCUT2D eigenvalue weighted by Crippen LogP contribution is -2.04. The second kappa shape index (κ2) is 7.29. The number of pyridine rings is 2. The Morgan fingerprint density at radius 3 is 2.85 bits per heavy atom. The van der Waals surface area contributed by atoms with Crippen LogP contribution in [0.2, 0.25) is 0 Å². The van der Waals surface area contributed by atoms with Crippen molar-refractivity contribution in [3.8, 4) is 0 Å². The zero-order valence-corrected chi connectivity index (χ0v) is 13.1. The molecule has 0 radical (unpaired) electrons. The van der Waals surface area contributed by atoms with Crippen LogP contribution in [0.3, 0.4) is 0 Å². The molecule has 106 valence electrons. The van der Waals surface area contributed by atoms with Gasteiger partial charge in [-0.1, -0.05) is 13.0 Å². The zero-order chi connectivity index (χ0) is 14.4. The molecule has 0 atom stereocenters. The third-order valence-electron chi connectivity index (χ3n) is 2.88. The quantitative estimate of drug-likeness (QED) is 0.808. The smallest absolute Gasteiger partial charge is 0.129 e. The van der Waals surface area contributed by atoms with Gasteiger partial charge in [-0.2, -0.15) is 0 Å². The highest BCUT2D eigenvalue weighted by molar-refractivity contribution is 7.98. The van der Waals surface area contributed by atoms with Crippen LogP contribution in [0.15, 0.2) is 35.5 Å². The SMILES string of the molecule is CCCNc1ncccc1CSc1cc(C)cc(C)n1. The summed E-state index contributed by atoms with van der Waals surface area (Å²) < 4.78 is 0. The molecular weight excluding hydrogens is 266 g/mol. The van der Waals surface area contributed by atoms with Gasteiger partial charge in [-0.15, -0.1) is 11.8 Å². The number of rotatable bonds is 6. The summed E-state index contributed by atoms with van der Waals surface area (Å²) in [5.41, 5.74) is 3.56. The highest BCUT2D eigenvalue weighted by atomic mass is 32.2. The van der Waals surface area contributed by atoms with Crippen LogP contribution in [0.5, 0.6) is 0 Å². The molecule has 0 spiro atoms. The summed E-state index contributed by atoms with van der Waals surface area (Å²) in [4.78, 5) is 8.98. The van der Waals surface area contributed by atoms with Gasteiger partial charge < -0.3 is 5.32 Å². The number of hydrogen-bond donors (Lipinski definition) is 1. The maximum Gasteiger partial charge on any atom is 0.129 e. The molecule has 4 heteroatoms. The average Bonchev–Trinajstić information content (AvgIpc) is 2.43. The van der Waals surface area contributed by atoms with Gasteiger partial charge >= 0.3 is 0 Å². The second-order valence-electron chi connectivity index (χ2n) is 4.85. The second-order valence-corrected chi connectivity index (χ2v) is 5.85. The minimum absolute atomic E-state index is 0.885. The molecule has 2 aromatic rings. The van der Waals surface area contributed by atoms with Crippen LogP contribution in [0.25, 0.3) is 0 Å². The molecule has 0 aliphatic carbocycles. The van der Waals surface area contributed by atoms with Crippen LogP contribution in [-0.2, 0) is 5.75 Å². The molecule has 2 aromatic heterocycles. The number of aromatic nitrogens is 2. The highest BCUT2D eigenvalue weighted by Gasteiger charge is 2.05. The van der Waals surface area contributed by atoms with E-state index in [4.69, 9.17) is 0 Å².